The van der Waals surface area contributed by atoms with Crippen molar-refractivity contribution in [3.05, 3.63) is 52.1 Å². The first-order chi connectivity index (χ1) is 11.3. The number of rotatable bonds is 4. The number of aromatic hydroxyl groups is 1. The van der Waals surface area contributed by atoms with Crippen LogP contribution in [0, 0.1) is 0 Å². The van der Waals surface area contributed by atoms with Crippen LogP contribution in [0.3, 0.4) is 0 Å². The van der Waals surface area contributed by atoms with Crippen molar-refractivity contribution in [2.24, 2.45) is 0 Å². The number of carbonyl (C=O) groups is 2. The topological polar surface area (TPSA) is 103 Å². The summed E-state index contributed by atoms with van der Waals surface area (Å²) in [6, 6.07) is 6.79. The van der Waals surface area contributed by atoms with E-state index in [4.69, 9.17) is 13.9 Å². The van der Waals surface area contributed by atoms with Crippen LogP contribution in [-0.4, -0.2) is 17.0 Å². The molecule has 1 aromatic carbocycles. The van der Waals surface area contributed by atoms with Crippen LogP contribution in [0.4, 0.5) is 0 Å². The predicted octanol–water partition coefficient (Wildman–Crippen LogP) is 2.37. The third-order valence-corrected chi connectivity index (χ3v) is 2.69. The van der Waals surface area contributed by atoms with Crippen LogP contribution in [0.15, 0.2) is 39.5 Å². The Morgan fingerprint density at radius 2 is 1.67 bits per heavy atom. The second kappa shape index (κ2) is 7.28. The Morgan fingerprint density at radius 1 is 1.00 bits per heavy atom. The summed E-state index contributed by atoms with van der Waals surface area (Å²) in [7, 11) is 0. The van der Waals surface area contributed by atoms with E-state index in [0.717, 1.165) is 6.07 Å². The van der Waals surface area contributed by atoms with E-state index in [9.17, 15) is 19.5 Å². The summed E-state index contributed by atoms with van der Waals surface area (Å²) in [6.45, 7) is 2.46. The maximum atomic E-state index is 11.2. The number of hydrogen-bond donors (Lipinski definition) is 1. The van der Waals surface area contributed by atoms with Gasteiger partial charge in [0.25, 0.3) is 0 Å². The highest BCUT2D eigenvalue weighted by Crippen LogP contribution is 2.29. The lowest BCUT2D eigenvalue weighted by atomic mass is 10.1. The van der Waals surface area contributed by atoms with Crippen molar-refractivity contribution in [3.63, 3.8) is 0 Å². The monoisotopic (exact) mass is 330 g/mol. The molecule has 1 N–H and O–H groups in total. The van der Waals surface area contributed by atoms with E-state index in [-0.39, 0.29) is 23.0 Å². The number of hydrogen-bond acceptors (Lipinski definition) is 7. The highest BCUT2D eigenvalue weighted by atomic mass is 16.6. The van der Waals surface area contributed by atoms with Crippen molar-refractivity contribution in [2.45, 2.75) is 13.8 Å². The normalized spacial score (nSPS) is 10.6. The molecule has 124 valence electrons. The van der Waals surface area contributed by atoms with Crippen molar-refractivity contribution >= 4 is 24.1 Å². The van der Waals surface area contributed by atoms with Gasteiger partial charge in [-0.3, -0.25) is 9.59 Å². The molecule has 0 atom stereocenters. The van der Waals surface area contributed by atoms with E-state index >= 15 is 0 Å². The van der Waals surface area contributed by atoms with Gasteiger partial charge in [-0.15, -0.1) is 0 Å². The Labute approximate surface area is 136 Å². The van der Waals surface area contributed by atoms with Gasteiger partial charge in [0, 0.05) is 19.9 Å². The van der Waals surface area contributed by atoms with E-state index in [0.29, 0.717) is 5.56 Å². The molecule has 0 amide bonds. The van der Waals surface area contributed by atoms with Gasteiger partial charge in [-0.05, 0) is 23.8 Å². The van der Waals surface area contributed by atoms with Gasteiger partial charge >= 0.3 is 17.6 Å². The molecule has 2 rings (SSSR count). The number of ether oxygens (including phenoxy) is 2. The van der Waals surface area contributed by atoms with E-state index in [1.54, 1.807) is 12.1 Å². The van der Waals surface area contributed by atoms with E-state index in [1.807, 2.05) is 0 Å². The Balaban J connectivity index is 2.33. The average molecular weight is 330 g/mol. The van der Waals surface area contributed by atoms with Crippen molar-refractivity contribution in [1.82, 2.24) is 0 Å². The van der Waals surface area contributed by atoms with Gasteiger partial charge in [0.2, 0.25) is 0 Å². The van der Waals surface area contributed by atoms with Crippen molar-refractivity contribution < 1.29 is 28.6 Å². The smallest absolute Gasteiger partial charge is 0.339 e. The van der Waals surface area contributed by atoms with Crippen molar-refractivity contribution in [2.75, 3.05) is 0 Å². The van der Waals surface area contributed by atoms with Crippen molar-refractivity contribution in [1.29, 1.82) is 0 Å². The first-order valence-corrected chi connectivity index (χ1v) is 6.86. The van der Waals surface area contributed by atoms with Gasteiger partial charge in [-0.1, -0.05) is 12.1 Å². The molecule has 0 aliphatic carbocycles. The van der Waals surface area contributed by atoms with Crippen LogP contribution < -0.4 is 15.1 Å². The molecule has 0 aliphatic heterocycles. The maximum absolute atomic E-state index is 11.2. The third kappa shape index (κ3) is 4.84. The molecule has 0 fully saturated rings. The summed E-state index contributed by atoms with van der Waals surface area (Å²) in [5.74, 6) is -0.984. The van der Waals surface area contributed by atoms with Crippen molar-refractivity contribution in [3.8, 4) is 17.2 Å². The lowest BCUT2D eigenvalue weighted by Gasteiger charge is -2.09. The predicted molar refractivity (Wildman–Crippen MR) is 84.6 cm³/mol. The number of esters is 2. The second-order valence-electron chi connectivity index (χ2n) is 4.76. The zero-order valence-electron chi connectivity index (χ0n) is 12.9. The Bertz CT molecular complexity index is 861. The third-order valence-electron chi connectivity index (χ3n) is 2.69. The quantitative estimate of drug-likeness (QED) is 0.678. The largest absolute Gasteiger partial charge is 0.508 e. The fourth-order valence-electron chi connectivity index (χ4n) is 1.85. The molecule has 0 saturated heterocycles. The molecule has 0 saturated carbocycles. The fraction of sp³-hybridized carbons (Fsp3) is 0.118. The summed E-state index contributed by atoms with van der Waals surface area (Å²) < 4.78 is 14.9. The molecule has 0 unspecified atom stereocenters. The fourth-order valence-corrected chi connectivity index (χ4v) is 1.85. The number of carbonyl (C=O) groups excluding carboxylic acids is 2. The molecular formula is C17H14O7. The minimum atomic E-state index is -0.680. The molecule has 0 bridgehead atoms. The van der Waals surface area contributed by atoms with E-state index in [2.05, 4.69) is 0 Å². The molecule has 7 heteroatoms. The maximum Gasteiger partial charge on any atom is 0.339 e. The minimum Gasteiger partial charge on any atom is -0.508 e. The first kappa shape index (κ1) is 17.0. The summed E-state index contributed by atoms with van der Waals surface area (Å²) in [5.41, 5.74) is -0.0893. The molecule has 0 radical (unpaired) electrons. The molecule has 0 spiro atoms. The lowest BCUT2D eigenvalue weighted by Crippen LogP contribution is -2.07. The van der Waals surface area contributed by atoms with Gasteiger partial charge in [-0.25, -0.2) is 4.79 Å². The molecule has 0 aliphatic rings. The lowest BCUT2D eigenvalue weighted by molar-refractivity contribution is -0.134. The average Bonchev–Trinajstić information content (AvgIpc) is 2.45. The highest BCUT2D eigenvalue weighted by Gasteiger charge is 2.10. The van der Waals surface area contributed by atoms with Gasteiger partial charge < -0.3 is 19.0 Å². The van der Waals surface area contributed by atoms with Crippen LogP contribution in [0.25, 0.3) is 12.2 Å². The van der Waals surface area contributed by atoms with E-state index in [1.165, 1.54) is 38.1 Å². The number of benzene rings is 1. The standard InChI is InChI=1S/C17H14O7/c1-10(18)22-15-6-4-12(7-16(15)23-11(2)19)3-5-14-8-13(20)9-17(21)24-14/h3-9,20H,1-2H3. The Morgan fingerprint density at radius 3 is 2.29 bits per heavy atom. The highest BCUT2D eigenvalue weighted by molar-refractivity contribution is 5.75. The molecule has 7 nitrogen and oxygen atoms in total. The first-order valence-electron chi connectivity index (χ1n) is 6.86. The molecule has 24 heavy (non-hydrogen) atoms. The molecule has 2 aromatic rings. The van der Waals surface area contributed by atoms with Gasteiger partial charge in [0.15, 0.2) is 11.5 Å². The summed E-state index contributed by atoms with van der Waals surface area (Å²) in [5, 5.41) is 9.35. The summed E-state index contributed by atoms with van der Waals surface area (Å²) in [4.78, 5) is 33.4. The van der Waals surface area contributed by atoms with Crippen LogP contribution in [0.5, 0.6) is 17.2 Å². The molecular weight excluding hydrogens is 316 g/mol. The zero-order valence-corrected chi connectivity index (χ0v) is 12.9. The summed E-state index contributed by atoms with van der Waals surface area (Å²) in [6.07, 6.45) is 3.03. The second-order valence-corrected chi connectivity index (χ2v) is 4.76. The van der Waals surface area contributed by atoms with Gasteiger partial charge in [0.05, 0.1) is 6.07 Å². The van der Waals surface area contributed by atoms with Crippen LogP contribution >= 0.6 is 0 Å². The minimum absolute atomic E-state index is 0.0808. The van der Waals surface area contributed by atoms with Gasteiger partial charge in [0.1, 0.15) is 11.5 Å². The SMILES string of the molecule is CC(=O)Oc1ccc(C=Cc2cc(O)cc(=O)o2)cc1OC(C)=O. The Hall–Kier alpha value is -3.35. The zero-order chi connectivity index (χ0) is 17.7. The summed E-state index contributed by atoms with van der Waals surface area (Å²) >= 11 is 0. The van der Waals surface area contributed by atoms with Crippen LogP contribution in [0.2, 0.25) is 0 Å². The Kier molecular flexibility index (Phi) is 5.16. The van der Waals surface area contributed by atoms with Gasteiger partial charge in [-0.2, -0.15) is 0 Å². The molecule has 1 aromatic heterocycles. The van der Waals surface area contributed by atoms with Crippen LogP contribution in [0.1, 0.15) is 25.2 Å². The van der Waals surface area contributed by atoms with E-state index < -0.39 is 17.6 Å². The molecule has 1 heterocycles. The van der Waals surface area contributed by atoms with Crippen LogP contribution in [-0.2, 0) is 9.59 Å².